The van der Waals surface area contributed by atoms with E-state index in [0.717, 1.165) is 0 Å². The topological polar surface area (TPSA) is 116 Å². The standard InChI is InChI=1S/C37H29Cl2F15N4O4S2/c38-63(59,60)13-5-11-12-6-14(64(39,61)62)37(58-12)17(20-25(44)31(50)35(54)32(51)26(20)45)10-4-2-8(56-10)15(18-21(40)27(46)33(52)28(47)22(18)41)7-1-3-9(55-7)16(36(13)57-11)19-23(42)29(48)34(53)30(49)24(19)43/h7-17,36-37,55-58H,1-6H2. The summed E-state index contributed by atoms with van der Waals surface area (Å²) in [6.07, 6.45) is -3.59. The van der Waals surface area contributed by atoms with Crippen LogP contribution in [-0.4, -0.2) is 75.7 Å². The minimum Gasteiger partial charge on any atom is -0.310 e. The molecule has 4 N–H and O–H groups in total. The maximum atomic E-state index is 16.0. The van der Waals surface area contributed by atoms with Gasteiger partial charge in [0.05, 0.1) is 10.5 Å². The van der Waals surface area contributed by atoms with E-state index >= 15 is 52.7 Å². The molecule has 8 nitrogen and oxygen atoms in total. The maximum Gasteiger partial charge on any atom is 0.237 e. The van der Waals surface area contributed by atoms with E-state index in [1.54, 1.807) is 0 Å². The molecule has 64 heavy (non-hydrogen) atoms. The molecule has 5 aliphatic heterocycles. The minimum atomic E-state index is -5.03. The van der Waals surface area contributed by atoms with Gasteiger partial charge in [0.15, 0.2) is 69.8 Å². The van der Waals surface area contributed by atoms with Gasteiger partial charge in [-0.25, -0.2) is 82.7 Å². The van der Waals surface area contributed by atoms with Gasteiger partial charge in [-0.1, -0.05) is 0 Å². The molecule has 12 atom stereocenters. The number of hydrogen-bond donors (Lipinski definition) is 4. The summed E-state index contributed by atoms with van der Waals surface area (Å²) in [5, 5.41) is 6.67. The first-order valence-corrected chi connectivity index (χ1v) is 24.0. The van der Waals surface area contributed by atoms with Gasteiger partial charge in [0.2, 0.25) is 35.6 Å². The Bertz CT molecular complexity index is 2460. The van der Waals surface area contributed by atoms with Crippen molar-refractivity contribution in [2.24, 2.45) is 0 Å². The lowest BCUT2D eigenvalue weighted by atomic mass is 9.82. The Kier molecular flexibility index (Phi) is 12.3. The molecule has 5 heterocycles. The molecular weight excluding hydrogens is 984 g/mol. The van der Waals surface area contributed by atoms with E-state index in [1.807, 2.05) is 0 Å². The van der Waals surface area contributed by atoms with Gasteiger partial charge in [-0.05, 0) is 38.5 Å². The van der Waals surface area contributed by atoms with Gasteiger partial charge in [-0.2, -0.15) is 0 Å². The Balaban J connectivity index is 1.40. The van der Waals surface area contributed by atoms with Gasteiger partial charge in [0.1, 0.15) is 0 Å². The molecule has 0 saturated carbocycles. The van der Waals surface area contributed by atoms with E-state index in [2.05, 4.69) is 21.3 Å². The van der Waals surface area contributed by atoms with E-state index in [0.29, 0.717) is 0 Å². The largest absolute Gasteiger partial charge is 0.310 e. The number of rotatable bonds is 5. The number of benzene rings is 3. The van der Waals surface area contributed by atoms with E-state index in [1.165, 1.54) is 0 Å². The Hall–Kier alpha value is -3.07. The quantitative estimate of drug-likeness (QED) is 0.0935. The van der Waals surface area contributed by atoms with Gasteiger partial charge < -0.3 is 21.3 Å². The lowest BCUT2D eigenvalue weighted by molar-refractivity contribution is 0.293. The molecule has 0 aromatic heterocycles. The first kappa shape index (κ1) is 47.4. The van der Waals surface area contributed by atoms with Crippen molar-refractivity contribution in [3.8, 4) is 0 Å². The summed E-state index contributed by atoms with van der Waals surface area (Å²) in [4.78, 5) is 0. The average molecular weight is 1010 g/mol. The van der Waals surface area contributed by atoms with Crippen LogP contribution < -0.4 is 21.3 Å². The molecule has 0 spiro atoms. The molecule has 0 amide bonds. The molecule has 8 rings (SSSR count). The predicted octanol–water partition coefficient (Wildman–Crippen LogP) is 7.01. The van der Waals surface area contributed by atoms with Crippen molar-refractivity contribution in [1.29, 1.82) is 0 Å². The highest BCUT2D eigenvalue weighted by Crippen LogP contribution is 2.49. The van der Waals surface area contributed by atoms with Gasteiger partial charge in [-0.15, -0.1) is 0 Å². The lowest BCUT2D eigenvalue weighted by Gasteiger charge is -2.37. The Morgan fingerprint density at radius 2 is 0.547 bits per heavy atom. The Labute approximate surface area is 361 Å². The second-order valence-electron chi connectivity index (χ2n) is 16.5. The monoisotopic (exact) mass is 1010 g/mol. The van der Waals surface area contributed by atoms with Crippen molar-refractivity contribution in [1.82, 2.24) is 21.3 Å². The van der Waals surface area contributed by atoms with Gasteiger partial charge >= 0.3 is 0 Å². The minimum absolute atomic E-state index is 0.502. The van der Waals surface area contributed by atoms with Crippen molar-refractivity contribution in [3.63, 3.8) is 0 Å². The predicted molar refractivity (Wildman–Crippen MR) is 195 cm³/mol. The molecule has 27 heteroatoms. The van der Waals surface area contributed by atoms with E-state index in [-0.39, 0.29) is 0 Å². The van der Waals surface area contributed by atoms with Crippen LogP contribution in [-0.2, 0) is 18.1 Å². The van der Waals surface area contributed by atoms with Gasteiger partial charge in [-0.3, -0.25) is 0 Å². The SMILES string of the molecule is O=S(=O)(Cl)C1CC2NC1C(c1c(F)c(F)c(F)c(F)c1F)C1CCC(N1)C(c1c(F)c(F)c(F)c(F)c1F)C1CCC(N1)C(c1c(F)c(F)c(F)c(F)c1F)C1NC2CC1S(=O)(=O)Cl. The third-order valence-corrected chi connectivity index (χ3v) is 17.3. The summed E-state index contributed by atoms with van der Waals surface area (Å²) in [5.41, 5.74) is -4.81. The molecule has 5 fully saturated rings. The fourth-order valence-electron chi connectivity index (χ4n) is 10.9. The highest BCUT2D eigenvalue weighted by Gasteiger charge is 2.58. The van der Waals surface area contributed by atoms with Crippen LogP contribution >= 0.6 is 21.4 Å². The number of halogens is 17. The third kappa shape index (κ3) is 7.45. The van der Waals surface area contributed by atoms with Crippen LogP contribution in [0.3, 0.4) is 0 Å². The van der Waals surface area contributed by atoms with Crippen molar-refractivity contribution in [3.05, 3.63) is 104 Å². The maximum absolute atomic E-state index is 16.0. The van der Waals surface area contributed by atoms with Crippen LogP contribution in [0.4, 0.5) is 65.9 Å². The first-order chi connectivity index (χ1) is 29.8. The number of hydrogen-bond acceptors (Lipinski definition) is 8. The van der Waals surface area contributed by atoms with Crippen LogP contribution in [0.5, 0.6) is 0 Å². The molecule has 8 bridgehead atoms. The molecule has 3 aromatic carbocycles. The third-order valence-electron chi connectivity index (χ3n) is 13.5. The molecule has 5 saturated heterocycles. The zero-order valence-corrected chi connectivity index (χ0v) is 34.8. The van der Waals surface area contributed by atoms with Crippen molar-refractivity contribution < 1.29 is 82.7 Å². The Morgan fingerprint density at radius 1 is 0.328 bits per heavy atom. The van der Waals surface area contributed by atoms with Crippen molar-refractivity contribution in [2.45, 2.75) is 115 Å². The molecule has 12 unspecified atom stereocenters. The Morgan fingerprint density at radius 3 is 0.797 bits per heavy atom. The normalized spacial score (nSPS) is 33.2. The van der Waals surface area contributed by atoms with E-state index < -0.39 is 237 Å². The zero-order chi connectivity index (χ0) is 47.0. The summed E-state index contributed by atoms with van der Waals surface area (Å²) in [5.74, 6) is -44.1. The van der Waals surface area contributed by atoms with Crippen molar-refractivity contribution >= 4 is 39.5 Å². The summed E-state index contributed by atoms with van der Waals surface area (Å²) < 4.78 is 282. The van der Waals surface area contributed by atoms with Gasteiger partial charge in [0, 0.05) is 104 Å². The molecule has 3 aromatic rings. The molecular formula is C37H29Cl2F15N4O4S2. The molecule has 352 valence electrons. The second kappa shape index (κ2) is 16.6. The lowest BCUT2D eigenvalue weighted by Crippen LogP contribution is -2.52. The summed E-state index contributed by atoms with van der Waals surface area (Å²) >= 11 is 0. The first-order valence-electron chi connectivity index (χ1n) is 19.2. The van der Waals surface area contributed by atoms with Crippen molar-refractivity contribution in [2.75, 3.05) is 0 Å². The van der Waals surface area contributed by atoms with Crippen LogP contribution in [0.2, 0.25) is 0 Å². The van der Waals surface area contributed by atoms with E-state index in [4.69, 9.17) is 21.4 Å². The van der Waals surface area contributed by atoms with Crippen LogP contribution in [0.1, 0.15) is 73.0 Å². The second-order valence-corrected chi connectivity index (χ2v) is 22.2. The average Bonchev–Trinajstić information content (AvgIpc) is 4.07. The molecule has 0 radical (unpaired) electrons. The molecule has 5 aliphatic rings. The summed E-state index contributed by atoms with van der Waals surface area (Å²) in [6.45, 7) is 0. The van der Waals surface area contributed by atoms with Crippen LogP contribution in [0.15, 0.2) is 0 Å². The summed E-state index contributed by atoms with van der Waals surface area (Å²) in [6, 6.07) is -13.8. The summed E-state index contributed by atoms with van der Waals surface area (Å²) in [7, 11) is 1.66. The highest BCUT2D eigenvalue weighted by atomic mass is 35.7. The van der Waals surface area contributed by atoms with Gasteiger partial charge in [0.25, 0.3) is 0 Å². The fourth-order valence-corrected chi connectivity index (χ4v) is 14.0. The van der Waals surface area contributed by atoms with Crippen LogP contribution in [0, 0.1) is 87.3 Å². The smallest absolute Gasteiger partial charge is 0.237 e. The molecule has 0 aliphatic carbocycles. The number of fused-ring (bicyclic) bond motifs is 9. The zero-order valence-electron chi connectivity index (χ0n) is 31.6. The number of nitrogens with one attached hydrogen (secondary N) is 4. The fraction of sp³-hybridized carbons (Fsp3) is 0.514. The van der Waals surface area contributed by atoms with Crippen LogP contribution in [0.25, 0.3) is 0 Å². The van der Waals surface area contributed by atoms with E-state index in [9.17, 15) is 30.0 Å². The highest BCUT2D eigenvalue weighted by molar-refractivity contribution is 8.14.